The second-order valence-corrected chi connectivity index (χ2v) is 22.2. The maximum atomic E-state index is 12.5. The number of hydrogen-bond donors (Lipinski definition) is 1. The third kappa shape index (κ3) is 6.47. The topological polar surface area (TPSA) is 62.7 Å². The van der Waals surface area contributed by atoms with E-state index in [0.717, 1.165) is 3.58 Å². The average molecular weight is 450 g/mol. The summed E-state index contributed by atoms with van der Waals surface area (Å²) in [5.74, 6) is 0. The first-order chi connectivity index (χ1) is 10.5. The van der Waals surface area contributed by atoms with Crippen molar-refractivity contribution in [3.8, 4) is 0 Å². The molecule has 0 aliphatic heterocycles. The molecule has 5 nitrogen and oxygen atoms in total. The molecule has 0 unspecified atom stereocenters. The van der Waals surface area contributed by atoms with Gasteiger partial charge in [0.15, 0.2) is 0 Å². The summed E-state index contributed by atoms with van der Waals surface area (Å²) in [4.78, 5) is 25.0. The van der Waals surface area contributed by atoms with Crippen molar-refractivity contribution in [1.29, 1.82) is 0 Å². The molecule has 0 saturated carbocycles. The number of amides is 1. The van der Waals surface area contributed by atoms with Crippen LogP contribution in [0.3, 0.4) is 0 Å². The molecule has 0 aliphatic carbocycles. The molecule has 23 heavy (non-hydrogen) atoms. The van der Waals surface area contributed by atoms with Gasteiger partial charge in [0.25, 0.3) is 0 Å². The van der Waals surface area contributed by atoms with E-state index in [1.54, 1.807) is 6.20 Å². The number of anilines is 1. The van der Waals surface area contributed by atoms with Crippen molar-refractivity contribution in [1.82, 2.24) is 4.98 Å². The van der Waals surface area contributed by atoms with Crippen LogP contribution in [0.5, 0.6) is 0 Å². The quantitative estimate of drug-likeness (QED) is 0.553. The molecule has 1 aromatic heterocycles. The number of rotatable bonds is 5. The summed E-state index contributed by atoms with van der Waals surface area (Å²) < 4.78 is 6.53. The second kappa shape index (κ2) is 8.03. The van der Waals surface area contributed by atoms with Gasteiger partial charge in [-0.2, -0.15) is 0 Å². The van der Waals surface area contributed by atoms with Crippen LogP contribution in [0.2, 0.25) is 20.0 Å². The predicted octanol–water partition coefficient (Wildman–Crippen LogP) is 3.40. The molecule has 0 radical (unpaired) electrons. The van der Waals surface area contributed by atoms with Crippen molar-refractivity contribution in [2.75, 3.05) is 18.1 Å². The van der Waals surface area contributed by atoms with E-state index in [-0.39, 0.29) is 6.61 Å². The van der Waals surface area contributed by atoms with E-state index < -0.39 is 30.1 Å². The van der Waals surface area contributed by atoms with E-state index >= 15 is 0 Å². The minimum atomic E-state index is -2.45. The summed E-state index contributed by atoms with van der Waals surface area (Å²) in [6.07, 6.45) is 1.62. The summed E-state index contributed by atoms with van der Waals surface area (Å²) >= 11 is 3.79. The Hall–Kier alpha value is -0.531. The normalized spacial score (nSPS) is 12.2. The van der Waals surface area contributed by atoms with Crippen LogP contribution in [0.15, 0.2) is 12.3 Å². The zero-order valence-electron chi connectivity index (χ0n) is 14.8. The van der Waals surface area contributed by atoms with Crippen molar-refractivity contribution in [2.24, 2.45) is 0 Å². The molecule has 1 amide bonds. The second-order valence-electron chi connectivity index (χ2n) is 7.49. The van der Waals surface area contributed by atoms with E-state index in [1.807, 2.05) is 26.8 Å². The Labute approximate surface area is 147 Å². The standard InChI is InChI=1S/C13H18ClN2O3.3CH3.Sn/c1-13(2,3)19-12(18)16(7-4-8-17)10-5-6-11(14)15-9-10;;;;/h5,9,17H,4,7-8H2,1-3H3;3*1H3;. The molecule has 0 bridgehead atoms. The maximum absolute atomic E-state index is 12.5. The van der Waals surface area contributed by atoms with Gasteiger partial charge in [-0.15, -0.1) is 0 Å². The van der Waals surface area contributed by atoms with Crippen LogP contribution in [0.25, 0.3) is 0 Å². The molecule has 1 heterocycles. The summed E-state index contributed by atoms with van der Waals surface area (Å²) in [7, 11) is 0. The van der Waals surface area contributed by atoms with Gasteiger partial charge in [-0.3, -0.25) is 0 Å². The van der Waals surface area contributed by atoms with Gasteiger partial charge in [0.05, 0.1) is 0 Å². The number of aliphatic hydroxyl groups is 1. The van der Waals surface area contributed by atoms with Gasteiger partial charge in [0, 0.05) is 0 Å². The Bertz CT molecular complexity index is 553. The number of halogens is 1. The zero-order valence-corrected chi connectivity index (χ0v) is 18.4. The molecular formula is C16H27ClN2O3Sn. The molecule has 130 valence electrons. The van der Waals surface area contributed by atoms with Gasteiger partial charge in [-0.05, 0) is 0 Å². The zero-order chi connectivity index (χ0) is 17.8. The summed E-state index contributed by atoms with van der Waals surface area (Å²) in [5, 5.41) is 9.62. The molecule has 7 heteroatoms. The number of carbonyl (C=O) groups is 1. The first kappa shape index (κ1) is 20.5. The van der Waals surface area contributed by atoms with E-state index in [2.05, 4.69) is 19.8 Å². The fraction of sp³-hybridized carbons (Fsp3) is 0.625. The Morgan fingerprint density at radius 2 is 2.00 bits per heavy atom. The number of hydrogen-bond acceptors (Lipinski definition) is 4. The summed E-state index contributed by atoms with van der Waals surface area (Å²) in [6, 6.07) is 1.95. The van der Waals surface area contributed by atoms with E-state index in [4.69, 9.17) is 21.4 Å². The number of carbonyl (C=O) groups excluding carboxylic acids is 1. The fourth-order valence-corrected chi connectivity index (χ4v) is 7.60. The number of aromatic nitrogens is 1. The number of aliphatic hydroxyl groups excluding tert-OH is 1. The molecule has 0 aromatic carbocycles. The van der Waals surface area contributed by atoms with Gasteiger partial charge < -0.3 is 0 Å². The fourth-order valence-electron chi connectivity index (χ4n) is 1.98. The molecule has 0 fully saturated rings. The SMILES string of the molecule is CC(C)(C)OC(=O)N(CCCO)c1cnc(Cl)[c]([Sn]([CH3])([CH3])[CH3])c1. The molecule has 0 atom stereocenters. The Balaban J connectivity index is 3.19. The molecule has 1 N–H and O–H groups in total. The summed E-state index contributed by atoms with van der Waals surface area (Å²) in [6.45, 7) is 5.85. The van der Waals surface area contributed by atoms with Crippen molar-refractivity contribution < 1.29 is 14.6 Å². The Kier molecular flexibility index (Phi) is 7.16. The number of ether oxygens (including phenoxy) is 1. The molecule has 0 spiro atoms. The molecule has 0 saturated heterocycles. The van der Waals surface area contributed by atoms with Gasteiger partial charge in [-0.25, -0.2) is 0 Å². The van der Waals surface area contributed by atoms with Crippen LogP contribution in [0, 0.1) is 0 Å². The van der Waals surface area contributed by atoms with E-state index in [0.29, 0.717) is 23.8 Å². The Morgan fingerprint density at radius 3 is 2.48 bits per heavy atom. The molecule has 1 rings (SSSR count). The predicted molar refractivity (Wildman–Crippen MR) is 97.5 cm³/mol. The van der Waals surface area contributed by atoms with Crippen LogP contribution in [0.1, 0.15) is 27.2 Å². The molecular weight excluding hydrogens is 422 g/mol. The van der Waals surface area contributed by atoms with Gasteiger partial charge in [0.1, 0.15) is 0 Å². The van der Waals surface area contributed by atoms with Crippen LogP contribution in [-0.4, -0.2) is 53.3 Å². The van der Waals surface area contributed by atoms with Crippen molar-refractivity contribution in [2.45, 2.75) is 47.6 Å². The van der Waals surface area contributed by atoms with Crippen molar-refractivity contribution in [3.63, 3.8) is 0 Å². The Morgan fingerprint density at radius 1 is 1.39 bits per heavy atom. The van der Waals surface area contributed by atoms with Crippen LogP contribution in [0.4, 0.5) is 10.5 Å². The third-order valence-electron chi connectivity index (χ3n) is 3.10. The monoisotopic (exact) mass is 450 g/mol. The minimum absolute atomic E-state index is 0.00563. The van der Waals surface area contributed by atoms with Gasteiger partial charge in [0.2, 0.25) is 0 Å². The van der Waals surface area contributed by atoms with Crippen LogP contribution in [-0.2, 0) is 4.74 Å². The number of nitrogens with zero attached hydrogens (tertiary/aromatic N) is 2. The average Bonchev–Trinajstić information content (AvgIpc) is 2.37. The van der Waals surface area contributed by atoms with Crippen molar-refractivity contribution >= 4 is 45.3 Å². The van der Waals surface area contributed by atoms with Gasteiger partial charge in [-0.1, -0.05) is 0 Å². The van der Waals surface area contributed by atoms with Crippen LogP contribution >= 0.6 is 11.6 Å². The molecule has 0 aliphatic rings. The van der Waals surface area contributed by atoms with Gasteiger partial charge >= 0.3 is 148 Å². The van der Waals surface area contributed by atoms with E-state index in [9.17, 15) is 4.79 Å². The summed E-state index contributed by atoms with van der Waals surface area (Å²) in [5.41, 5.74) is 0.0826. The van der Waals surface area contributed by atoms with E-state index in [1.165, 1.54) is 4.90 Å². The first-order valence-corrected chi connectivity index (χ1v) is 18.1. The van der Waals surface area contributed by atoms with Crippen LogP contribution < -0.4 is 8.48 Å². The van der Waals surface area contributed by atoms with Crippen molar-refractivity contribution in [3.05, 3.63) is 17.4 Å². The third-order valence-corrected chi connectivity index (χ3v) is 9.55. The number of pyridine rings is 1. The molecule has 1 aromatic rings. The first-order valence-electron chi connectivity index (χ1n) is 7.73.